The Hall–Kier alpha value is -1.04. The van der Waals surface area contributed by atoms with E-state index in [1.54, 1.807) is 6.07 Å². The fourth-order valence-electron chi connectivity index (χ4n) is 3.46. The molecular formula is C18H17BrClN3O3S3. The van der Waals surface area contributed by atoms with Crippen molar-refractivity contribution in [2.75, 3.05) is 6.54 Å². The highest BCUT2D eigenvalue weighted by molar-refractivity contribution is 9.10. The smallest absolute Gasteiger partial charge is 0.266 e. The molecule has 2 aromatic heterocycles. The number of carbonyl (C=O) groups excluding carboxylic acids is 1. The first-order chi connectivity index (χ1) is 13.8. The van der Waals surface area contributed by atoms with Gasteiger partial charge in [-0.2, -0.15) is 9.30 Å². The molecule has 4 rings (SSSR count). The van der Waals surface area contributed by atoms with E-state index in [1.807, 2.05) is 29.7 Å². The molecule has 1 aliphatic rings. The predicted molar refractivity (Wildman–Crippen MR) is 120 cm³/mol. The van der Waals surface area contributed by atoms with Crippen LogP contribution >= 0.6 is 50.2 Å². The van der Waals surface area contributed by atoms with Crippen molar-refractivity contribution in [2.24, 2.45) is 4.99 Å². The summed E-state index contributed by atoms with van der Waals surface area (Å²) in [6.45, 7) is 2.94. The van der Waals surface area contributed by atoms with Gasteiger partial charge in [0, 0.05) is 17.6 Å². The summed E-state index contributed by atoms with van der Waals surface area (Å²) >= 11 is 11.9. The molecule has 6 nitrogen and oxygen atoms in total. The van der Waals surface area contributed by atoms with Crippen molar-refractivity contribution >= 4 is 76.4 Å². The molecule has 0 saturated carbocycles. The van der Waals surface area contributed by atoms with Gasteiger partial charge in [-0.1, -0.05) is 29.0 Å². The quantitative estimate of drug-likeness (QED) is 0.495. The molecule has 11 heteroatoms. The highest BCUT2D eigenvalue weighted by atomic mass is 79.9. The van der Waals surface area contributed by atoms with E-state index in [0.29, 0.717) is 35.1 Å². The number of aromatic nitrogens is 1. The van der Waals surface area contributed by atoms with Crippen LogP contribution in [0.5, 0.6) is 0 Å². The van der Waals surface area contributed by atoms with Crippen molar-refractivity contribution in [1.82, 2.24) is 8.87 Å². The molecular weight excluding hydrogens is 518 g/mol. The summed E-state index contributed by atoms with van der Waals surface area (Å²) in [7, 11) is -3.78. The maximum atomic E-state index is 13.0. The minimum Gasteiger partial charge on any atom is -0.316 e. The summed E-state index contributed by atoms with van der Waals surface area (Å²) in [6, 6.07) is 8.10. The number of rotatable bonds is 4. The maximum absolute atomic E-state index is 13.0. The zero-order chi connectivity index (χ0) is 20.8. The average Bonchev–Trinajstić information content (AvgIpc) is 3.39. The minimum absolute atomic E-state index is 0.150. The van der Waals surface area contributed by atoms with E-state index < -0.39 is 22.0 Å². The monoisotopic (exact) mass is 533 g/mol. The molecule has 1 unspecified atom stereocenters. The summed E-state index contributed by atoms with van der Waals surface area (Å²) in [4.78, 5) is 17.9. The summed E-state index contributed by atoms with van der Waals surface area (Å²) in [5, 5.41) is 0. The Morgan fingerprint density at radius 2 is 2.10 bits per heavy atom. The predicted octanol–water partition coefficient (Wildman–Crippen LogP) is 4.48. The molecule has 1 saturated heterocycles. The number of benzene rings is 1. The van der Waals surface area contributed by atoms with Gasteiger partial charge in [0.25, 0.3) is 15.9 Å². The van der Waals surface area contributed by atoms with Gasteiger partial charge in [0.1, 0.15) is 10.3 Å². The van der Waals surface area contributed by atoms with Crippen molar-refractivity contribution in [2.45, 2.75) is 36.6 Å². The molecule has 0 radical (unpaired) electrons. The third-order valence-corrected chi connectivity index (χ3v) is 10.1. The van der Waals surface area contributed by atoms with E-state index in [9.17, 15) is 13.2 Å². The summed E-state index contributed by atoms with van der Waals surface area (Å²) in [6.07, 6.45) is 1.08. The number of carbonyl (C=O) groups is 1. The Morgan fingerprint density at radius 3 is 2.79 bits per heavy atom. The first kappa shape index (κ1) is 21.2. The number of sulfonamides is 1. The normalized spacial score (nSPS) is 18.7. The molecule has 1 fully saturated rings. The number of amides is 1. The first-order valence-electron chi connectivity index (χ1n) is 8.96. The third-order valence-electron chi connectivity index (χ3n) is 4.77. The molecule has 1 aromatic carbocycles. The summed E-state index contributed by atoms with van der Waals surface area (Å²) < 4.78 is 31.7. The maximum Gasteiger partial charge on any atom is 0.266 e. The topological polar surface area (TPSA) is 71.7 Å². The Labute approximate surface area is 189 Å². The number of para-hydroxylation sites is 1. The number of halogens is 2. The van der Waals surface area contributed by atoms with Gasteiger partial charge in [0.05, 0.1) is 14.6 Å². The fraction of sp³-hybridized carbons (Fsp3) is 0.333. The molecule has 1 amide bonds. The van der Waals surface area contributed by atoms with Crippen LogP contribution in [0.4, 0.5) is 0 Å². The van der Waals surface area contributed by atoms with E-state index in [-0.39, 0.29) is 4.21 Å². The van der Waals surface area contributed by atoms with Crippen LogP contribution in [0, 0.1) is 0 Å². The number of aryl methyl sites for hydroxylation is 1. The van der Waals surface area contributed by atoms with Gasteiger partial charge in [-0.25, -0.2) is 8.42 Å². The second kappa shape index (κ2) is 8.24. The number of thiophene rings is 1. The molecule has 154 valence electrons. The van der Waals surface area contributed by atoms with Crippen LogP contribution in [0.25, 0.3) is 10.2 Å². The lowest BCUT2D eigenvalue weighted by molar-refractivity contribution is -0.121. The standard InChI is InChI=1S/C18H17BrClN3O3S3/c1-2-22-16-11(19)5-3-7-13(16)27-18(22)21-17(24)12-6-4-10-23(12)29(25,26)15-9-8-14(20)28-15/h3,5,7-9,12H,2,4,6,10H2,1H3. The van der Waals surface area contributed by atoms with Gasteiger partial charge in [0.2, 0.25) is 0 Å². The second-order valence-electron chi connectivity index (χ2n) is 6.50. The van der Waals surface area contributed by atoms with Crippen LogP contribution < -0.4 is 4.80 Å². The Balaban J connectivity index is 1.73. The van der Waals surface area contributed by atoms with Gasteiger partial charge in [-0.15, -0.1) is 11.3 Å². The van der Waals surface area contributed by atoms with Crippen LogP contribution in [-0.2, 0) is 21.4 Å². The molecule has 3 aromatic rings. The van der Waals surface area contributed by atoms with E-state index in [1.165, 1.54) is 21.7 Å². The van der Waals surface area contributed by atoms with Crippen molar-refractivity contribution in [3.8, 4) is 0 Å². The average molecular weight is 535 g/mol. The lowest BCUT2D eigenvalue weighted by Gasteiger charge is -2.20. The fourth-order valence-corrected chi connectivity index (χ4v) is 8.56. The molecule has 0 aliphatic carbocycles. The van der Waals surface area contributed by atoms with Crippen molar-refractivity contribution < 1.29 is 13.2 Å². The number of hydrogen-bond donors (Lipinski definition) is 0. The molecule has 0 N–H and O–H groups in total. The van der Waals surface area contributed by atoms with Crippen LogP contribution in [0.3, 0.4) is 0 Å². The van der Waals surface area contributed by atoms with Crippen molar-refractivity contribution in [1.29, 1.82) is 0 Å². The third kappa shape index (κ3) is 3.86. The Bertz CT molecular complexity index is 1260. The van der Waals surface area contributed by atoms with Crippen LogP contribution in [-0.4, -0.2) is 35.8 Å². The second-order valence-corrected chi connectivity index (χ2v) is 12.2. The van der Waals surface area contributed by atoms with Gasteiger partial charge >= 0.3 is 0 Å². The summed E-state index contributed by atoms with van der Waals surface area (Å²) in [5.41, 5.74) is 0.982. The highest BCUT2D eigenvalue weighted by Crippen LogP contribution is 2.32. The van der Waals surface area contributed by atoms with Gasteiger partial charge < -0.3 is 4.57 Å². The Morgan fingerprint density at radius 1 is 1.31 bits per heavy atom. The molecule has 0 bridgehead atoms. The molecule has 29 heavy (non-hydrogen) atoms. The lowest BCUT2D eigenvalue weighted by atomic mass is 10.2. The zero-order valence-corrected chi connectivity index (χ0v) is 20.1. The molecule has 3 heterocycles. The molecule has 0 spiro atoms. The minimum atomic E-state index is -3.78. The number of thiazole rings is 1. The molecule has 1 aliphatic heterocycles. The van der Waals surface area contributed by atoms with Crippen molar-refractivity contribution in [3.63, 3.8) is 0 Å². The van der Waals surface area contributed by atoms with Gasteiger partial charge in [-0.05, 0) is 60.0 Å². The van der Waals surface area contributed by atoms with E-state index in [2.05, 4.69) is 20.9 Å². The number of hydrogen-bond acceptors (Lipinski definition) is 5. The first-order valence-corrected chi connectivity index (χ1v) is 13.2. The lowest BCUT2D eigenvalue weighted by Crippen LogP contribution is -2.40. The molecule has 1 atom stereocenters. The van der Waals surface area contributed by atoms with E-state index in [4.69, 9.17) is 11.6 Å². The summed E-state index contributed by atoms with van der Waals surface area (Å²) in [5.74, 6) is -0.432. The van der Waals surface area contributed by atoms with Gasteiger partial charge in [-0.3, -0.25) is 4.79 Å². The van der Waals surface area contributed by atoms with Crippen LogP contribution in [0.2, 0.25) is 4.34 Å². The van der Waals surface area contributed by atoms with Crippen LogP contribution in [0.1, 0.15) is 19.8 Å². The Kier molecular flexibility index (Phi) is 6.02. The van der Waals surface area contributed by atoms with Crippen LogP contribution in [0.15, 0.2) is 44.0 Å². The van der Waals surface area contributed by atoms with E-state index >= 15 is 0 Å². The number of fused-ring (bicyclic) bond motifs is 1. The zero-order valence-electron chi connectivity index (χ0n) is 15.3. The van der Waals surface area contributed by atoms with Crippen molar-refractivity contribution in [3.05, 3.63) is 43.9 Å². The van der Waals surface area contributed by atoms with E-state index in [0.717, 1.165) is 26.0 Å². The number of nitrogens with zero attached hydrogens (tertiary/aromatic N) is 3. The highest BCUT2D eigenvalue weighted by Gasteiger charge is 2.40. The van der Waals surface area contributed by atoms with Gasteiger partial charge in [0.15, 0.2) is 4.80 Å². The SMILES string of the molecule is CCn1c(=NC(=O)C2CCCN2S(=O)(=O)c2ccc(Cl)s2)sc2cccc(Br)c21. The largest absolute Gasteiger partial charge is 0.316 e.